The van der Waals surface area contributed by atoms with Crippen molar-refractivity contribution in [1.82, 2.24) is 0 Å². The van der Waals surface area contributed by atoms with Crippen LogP contribution in [-0.4, -0.2) is 0 Å². The highest BCUT2D eigenvalue weighted by molar-refractivity contribution is 5.86. The minimum atomic E-state index is 0.638. The Labute approximate surface area is 128 Å². The van der Waals surface area contributed by atoms with Crippen LogP contribution < -0.4 is 9.64 Å². The molecule has 3 aromatic carbocycles. The molecular formula is C19H12N2O. The molecule has 0 unspecified atom stereocenters. The second-order valence-electron chi connectivity index (χ2n) is 5.00. The molecule has 104 valence electrons. The van der Waals surface area contributed by atoms with E-state index in [-0.39, 0.29) is 0 Å². The number of para-hydroxylation sites is 4. The monoisotopic (exact) mass is 284 g/mol. The third-order valence-corrected chi connectivity index (χ3v) is 3.67. The number of nitrogens with zero attached hydrogens (tertiary/aromatic N) is 2. The van der Waals surface area contributed by atoms with E-state index in [1.165, 1.54) is 0 Å². The Hall–Kier alpha value is -3.25. The Morgan fingerprint density at radius 3 is 1.82 bits per heavy atom. The number of hydrogen-bond acceptors (Lipinski definition) is 2. The van der Waals surface area contributed by atoms with Crippen molar-refractivity contribution < 1.29 is 4.74 Å². The number of anilines is 3. The second kappa shape index (κ2) is 4.94. The van der Waals surface area contributed by atoms with Crippen LogP contribution in [0.3, 0.4) is 0 Å². The van der Waals surface area contributed by atoms with Crippen molar-refractivity contribution in [2.45, 2.75) is 0 Å². The maximum Gasteiger partial charge on any atom is 0.187 e. The number of hydrogen-bond donors (Lipinski definition) is 0. The summed E-state index contributed by atoms with van der Waals surface area (Å²) in [6, 6.07) is 23.5. The van der Waals surface area contributed by atoms with Gasteiger partial charge in [0.25, 0.3) is 0 Å². The van der Waals surface area contributed by atoms with Crippen LogP contribution in [0.15, 0.2) is 72.8 Å². The molecule has 0 saturated heterocycles. The highest BCUT2D eigenvalue weighted by atomic mass is 16.5. The van der Waals surface area contributed by atoms with Gasteiger partial charge in [-0.2, -0.15) is 0 Å². The first-order chi connectivity index (χ1) is 10.9. The van der Waals surface area contributed by atoms with E-state index in [2.05, 4.69) is 9.74 Å². The molecule has 3 heteroatoms. The standard InChI is InChI=1S/C19H12N2O/c1-20-14-10-12-15(13-11-14)21-16-6-2-4-8-18(16)22-19-9-5-3-7-17(19)21/h2-13H. The van der Waals surface area contributed by atoms with Crippen LogP contribution in [0.4, 0.5) is 22.7 Å². The van der Waals surface area contributed by atoms with Gasteiger partial charge in [0.15, 0.2) is 17.2 Å². The van der Waals surface area contributed by atoms with Crippen LogP contribution >= 0.6 is 0 Å². The molecule has 0 bridgehead atoms. The topological polar surface area (TPSA) is 16.8 Å². The van der Waals surface area contributed by atoms with Crippen molar-refractivity contribution in [3.63, 3.8) is 0 Å². The average Bonchev–Trinajstić information content (AvgIpc) is 2.60. The van der Waals surface area contributed by atoms with Gasteiger partial charge in [-0.3, -0.25) is 0 Å². The van der Waals surface area contributed by atoms with E-state index in [4.69, 9.17) is 11.3 Å². The normalized spacial score (nSPS) is 11.9. The fourth-order valence-corrected chi connectivity index (χ4v) is 2.66. The van der Waals surface area contributed by atoms with Crippen LogP contribution in [0.25, 0.3) is 4.85 Å². The Morgan fingerprint density at radius 1 is 0.727 bits per heavy atom. The molecular weight excluding hydrogens is 272 g/mol. The van der Waals surface area contributed by atoms with Crippen molar-refractivity contribution in [1.29, 1.82) is 0 Å². The van der Waals surface area contributed by atoms with E-state index in [1.807, 2.05) is 72.8 Å². The van der Waals surface area contributed by atoms with E-state index in [0.29, 0.717) is 5.69 Å². The van der Waals surface area contributed by atoms with E-state index in [1.54, 1.807) is 0 Å². The predicted molar refractivity (Wildman–Crippen MR) is 87.5 cm³/mol. The molecule has 0 saturated carbocycles. The molecule has 3 aromatic rings. The molecule has 0 radical (unpaired) electrons. The molecule has 1 aliphatic rings. The van der Waals surface area contributed by atoms with Gasteiger partial charge in [-0.15, -0.1) is 0 Å². The lowest BCUT2D eigenvalue weighted by atomic mass is 10.1. The summed E-state index contributed by atoms with van der Waals surface area (Å²) in [6.07, 6.45) is 0. The second-order valence-corrected chi connectivity index (χ2v) is 5.00. The van der Waals surface area contributed by atoms with Gasteiger partial charge in [0, 0.05) is 5.69 Å². The fourth-order valence-electron chi connectivity index (χ4n) is 2.66. The molecule has 4 rings (SSSR count). The molecule has 0 fully saturated rings. The zero-order valence-corrected chi connectivity index (χ0v) is 11.7. The van der Waals surface area contributed by atoms with Crippen molar-refractivity contribution >= 4 is 22.7 Å². The molecule has 0 aromatic heterocycles. The number of ether oxygens (including phenoxy) is 1. The smallest absolute Gasteiger partial charge is 0.187 e. The lowest BCUT2D eigenvalue weighted by Crippen LogP contribution is -2.15. The summed E-state index contributed by atoms with van der Waals surface area (Å²) in [5, 5.41) is 0. The molecule has 3 nitrogen and oxygen atoms in total. The van der Waals surface area contributed by atoms with Gasteiger partial charge in [-0.25, -0.2) is 4.85 Å². The summed E-state index contributed by atoms with van der Waals surface area (Å²) in [6.45, 7) is 7.08. The van der Waals surface area contributed by atoms with Crippen LogP contribution in [0.1, 0.15) is 0 Å². The lowest BCUT2D eigenvalue weighted by molar-refractivity contribution is 0.477. The molecule has 1 aliphatic heterocycles. The summed E-state index contributed by atoms with van der Waals surface area (Å²) in [5.74, 6) is 1.66. The quantitative estimate of drug-likeness (QED) is 0.410. The van der Waals surface area contributed by atoms with Gasteiger partial charge >= 0.3 is 0 Å². The van der Waals surface area contributed by atoms with E-state index in [0.717, 1.165) is 28.6 Å². The Balaban J connectivity index is 1.92. The maximum atomic E-state index is 7.08. The number of rotatable bonds is 1. The van der Waals surface area contributed by atoms with Crippen molar-refractivity contribution in [3.05, 3.63) is 84.2 Å². The SMILES string of the molecule is [C-]#[N+]c1ccc(N2c3ccccc3Oc3ccccc32)cc1. The van der Waals surface area contributed by atoms with Crippen molar-refractivity contribution in [2.24, 2.45) is 0 Å². The van der Waals surface area contributed by atoms with Crippen molar-refractivity contribution in [2.75, 3.05) is 4.90 Å². The van der Waals surface area contributed by atoms with Gasteiger partial charge in [-0.05, 0) is 36.4 Å². The molecule has 0 amide bonds. The Bertz CT molecular complexity index is 833. The van der Waals surface area contributed by atoms with Gasteiger partial charge < -0.3 is 9.64 Å². The summed E-state index contributed by atoms with van der Waals surface area (Å²) in [7, 11) is 0. The minimum Gasteiger partial charge on any atom is -0.453 e. The molecule has 22 heavy (non-hydrogen) atoms. The van der Waals surface area contributed by atoms with E-state index in [9.17, 15) is 0 Å². The highest BCUT2D eigenvalue weighted by Gasteiger charge is 2.24. The van der Waals surface area contributed by atoms with Crippen LogP contribution in [0.5, 0.6) is 11.5 Å². The fraction of sp³-hybridized carbons (Fsp3) is 0. The van der Waals surface area contributed by atoms with Crippen LogP contribution in [0, 0.1) is 6.57 Å². The van der Waals surface area contributed by atoms with E-state index >= 15 is 0 Å². The minimum absolute atomic E-state index is 0.638. The number of benzene rings is 3. The first-order valence-electron chi connectivity index (χ1n) is 7.00. The molecule has 0 aliphatic carbocycles. The molecule has 0 N–H and O–H groups in total. The van der Waals surface area contributed by atoms with Gasteiger partial charge in [0.1, 0.15) is 0 Å². The first-order valence-corrected chi connectivity index (χ1v) is 7.00. The number of fused-ring (bicyclic) bond motifs is 2. The van der Waals surface area contributed by atoms with Gasteiger partial charge in [0.05, 0.1) is 17.9 Å². The third-order valence-electron chi connectivity index (χ3n) is 3.67. The zero-order valence-electron chi connectivity index (χ0n) is 11.7. The van der Waals surface area contributed by atoms with Gasteiger partial charge in [0.2, 0.25) is 0 Å². The first kappa shape index (κ1) is 12.5. The lowest BCUT2D eigenvalue weighted by Gasteiger charge is -2.32. The largest absolute Gasteiger partial charge is 0.453 e. The van der Waals surface area contributed by atoms with E-state index < -0.39 is 0 Å². The summed E-state index contributed by atoms with van der Waals surface area (Å²) >= 11 is 0. The molecule has 0 atom stereocenters. The highest BCUT2D eigenvalue weighted by Crippen LogP contribution is 2.49. The van der Waals surface area contributed by atoms with Crippen molar-refractivity contribution in [3.8, 4) is 11.5 Å². The van der Waals surface area contributed by atoms with Crippen LogP contribution in [0.2, 0.25) is 0 Å². The maximum absolute atomic E-state index is 7.08. The molecule has 1 heterocycles. The summed E-state index contributed by atoms with van der Waals surface area (Å²) < 4.78 is 5.98. The predicted octanol–water partition coefficient (Wildman–Crippen LogP) is 5.81. The Morgan fingerprint density at radius 2 is 1.27 bits per heavy atom. The van der Waals surface area contributed by atoms with Crippen LogP contribution in [-0.2, 0) is 0 Å². The van der Waals surface area contributed by atoms with Gasteiger partial charge in [-0.1, -0.05) is 36.4 Å². The molecule has 0 spiro atoms. The summed E-state index contributed by atoms with van der Waals surface area (Å²) in [4.78, 5) is 5.61. The summed E-state index contributed by atoms with van der Waals surface area (Å²) in [5.41, 5.74) is 3.64. The zero-order chi connectivity index (χ0) is 14.9. The Kier molecular flexibility index (Phi) is 2.80. The average molecular weight is 284 g/mol. The third kappa shape index (κ3) is 1.90.